The average Bonchev–Trinajstić information content (AvgIpc) is 3.66. The molecule has 0 radical (unpaired) electrons. The van der Waals surface area contributed by atoms with E-state index in [2.05, 4.69) is 17.0 Å². The minimum absolute atomic E-state index is 0. The summed E-state index contributed by atoms with van der Waals surface area (Å²) in [4.78, 5) is 34.3. The molecule has 0 aliphatic carbocycles. The average molecular weight is 603 g/mol. The number of rotatable bonds is 6. The highest BCUT2D eigenvalue weighted by Gasteiger charge is 2.49. The molecule has 10 heteroatoms. The minimum atomic E-state index is -2.79. The Morgan fingerprint density at radius 3 is 2.24 bits per heavy atom. The highest BCUT2D eigenvalue weighted by atomic mass is 35.5. The molecular formula is C32H41ClF2N4O3. The first kappa shape index (κ1) is 30.5. The monoisotopic (exact) mass is 602 g/mol. The van der Waals surface area contributed by atoms with Gasteiger partial charge >= 0.3 is 6.03 Å². The summed E-state index contributed by atoms with van der Waals surface area (Å²) >= 11 is 0. The molecule has 0 N–H and O–H groups in total. The zero-order chi connectivity index (χ0) is 28.6. The number of amides is 3. The number of ether oxygens (including phenoxy) is 1. The summed E-state index contributed by atoms with van der Waals surface area (Å²) in [6.45, 7) is 4.70. The number of carbonyl (C=O) groups excluding carboxylic acids is 2. The molecule has 4 heterocycles. The number of alkyl halides is 2. The smallest absolute Gasteiger partial charge is 0.320 e. The first-order valence-corrected chi connectivity index (χ1v) is 14.9. The van der Waals surface area contributed by atoms with Gasteiger partial charge in [-0.1, -0.05) is 42.5 Å². The van der Waals surface area contributed by atoms with Crippen molar-refractivity contribution in [3.63, 3.8) is 0 Å². The van der Waals surface area contributed by atoms with E-state index in [1.54, 1.807) is 12.0 Å². The molecule has 6 rings (SSSR count). The van der Waals surface area contributed by atoms with Crippen molar-refractivity contribution in [1.29, 1.82) is 0 Å². The zero-order valence-corrected chi connectivity index (χ0v) is 25.0. The second kappa shape index (κ2) is 12.4. The van der Waals surface area contributed by atoms with Gasteiger partial charge in [0, 0.05) is 51.6 Å². The lowest BCUT2D eigenvalue weighted by atomic mass is 9.76. The number of carbonyl (C=O) groups is 2. The second-order valence-electron chi connectivity index (χ2n) is 12.4. The van der Waals surface area contributed by atoms with E-state index in [4.69, 9.17) is 4.74 Å². The lowest BCUT2D eigenvalue weighted by Gasteiger charge is -2.39. The van der Waals surface area contributed by atoms with E-state index >= 15 is 0 Å². The van der Waals surface area contributed by atoms with Crippen LogP contribution in [0.4, 0.5) is 13.6 Å². The summed E-state index contributed by atoms with van der Waals surface area (Å²) in [5, 5.41) is 0. The Hall–Kier alpha value is -2.91. The fourth-order valence-electron chi connectivity index (χ4n) is 7.34. The lowest BCUT2D eigenvalue weighted by molar-refractivity contribution is -0.139. The number of piperidine rings is 1. The van der Waals surface area contributed by atoms with Crippen molar-refractivity contribution in [3.05, 3.63) is 65.7 Å². The third kappa shape index (κ3) is 6.23. The molecule has 2 atom stereocenters. The lowest BCUT2D eigenvalue weighted by Crippen LogP contribution is -2.46. The summed E-state index contributed by atoms with van der Waals surface area (Å²) < 4.78 is 32.9. The van der Waals surface area contributed by atoms with E-state index in [1.807, 2.05) is 47.4 Å². The molecule has 0 aromatic heterocycles. The van der Waals surface area contributed by atoms with E-state index in [0.29, 0.717) is 19.6 Å². The van der Waals surface area contributed by atoms with Crippen molar-refractivity contribution in [2.45, 2.75) is 44.1 Å². The number of nitrogens with zero attached hydrogens (tertiary/aromatic N) is 4. The highest BCUT2D eigenvalue weighted by molar-refractivity contribution is 5.85. The molecule has 2 aromatic carbocycles. The first-order valence-electron chi connectivity index (χ1n) is 14.9. The molecule has 7 nitrogen and oxygen atoms in total. The Morgan fingerprint density at radius 2 is 1.60 bits per heavy atom. The van der Waals surface area contributed by atoms with Crippen LogP contribution in [0.1, 0.15) is 42.7 Å². The van der Waals surface area contributed by atoms with Crippen LogP contribution in [0.15, 0.2) is 54.6 Å². The van der Waals surface area contributed by atoms with E-state index < -0.39 is 12.5 Å². The van der Waals surface area contributed by atoms with Crippen LogP contribution >= 0.6 is 12.4 Å². The van der Waals surface area contributed by atoms with Gasteiger partial charge in [-0.3, -0.25) is 4.79 Å². The molecule has 0 saturated carbocycles. The molecule has 42 heavy (non-hydrogen) atoms. The van der Waals surface area contributed by atoms with Gasteiger partial charge in [0.15, 0.2) is 0 Å². The van der Waals surface area contributed by atoms with Crippen molar-refractivity contribution in [2.24, 2.45) is 11.3 Å². The third-order valence-corrected chi connectivity index (χ3v) is 9.82. The van der Waals surface area contributed by atoms with E-state index in [0.717, 1.165) is 56.8 Å². The fourth-order valence-corrected chi connectivity index (χ4v) is 7.34. The van der Waals surface area contributed by atoms with E-state index in [-0.39, 0.29) is 54.6 Å². The number of hydrogen-bond acceptors (Lipinski definition) is 4. The molecule has 4 aliphatic rings. The molecule has 228 valence electrons. The number of likely N-dealkylation sites (tertiary alicyclic amines) is 4. The molecule has 4 aliphatic heterocycles. The summed E-state index contributed by atoms with van der Waals surface area (Å²) in [5.41, 5.74) is 2.02. The Balaban J connectivity index is 0.00000353. The van der Waals surface area contributed by atoms with Crippen LogP contribution in [0, 0.1) is 11.3 Å². The van der Waals surface area contributed by atoms with Gasteiger partial charge in [-0.15, -0.1) is 12.4 Å². The summed E-state index contributed by atoms with van der Waals surface area (Å²) in [5.74, 6) is -1.33. The fraction of sp³-hybridized carbons (Fsp3) is 0.562. The van der Waals surface area contributed by atoms with Crippen LogP contribution in [0.25, 0.3) is 0 Å². The van der Waals surface area contributed by atoms with Crippen LogP contribution in [-0.2, 0) is 11.3 Å². The van der Waals surface area contributed by atoms with Gasteiger partial charge in [-0.2, -0.15) is 0 Å². The number of benzene rings is 2. The number of hydrogen-bond donors (Lipinski definition) is 0. The van der Waals surface area contributed by atoms with Gasteiger partial charge in [0.05, 0.1) is 19.1 Å². The summed E-state index contributed by atoms with van der Waals surface area (Å²) in [6, 6.07) is 17.9. The SMILES string of the molecule is COc1ccc(CN2CCC3(CCN(CC4CN(C(=O)N5CCC(F)(F)C5)CC4c4ccccc4)CC3)C2=O)cc1.Cl. The molecule has 3 amide bonds. The van der Waals surface area contributed by atoms with Crippen molar-refractivity contribution in [1.82, 2.24) is 19.6 Å². The zero-order valence-electron chi connectivity index (χ0n) is 24.2. The van der Waals surface area contributed by atoms with Gasteiger partial charge in [-0.25, -0.2) is 13.6 Å². The predicted molar refractivity (Wildman–Crippen MR) is 159 cm³/mol. The van der Waals surface area contributed by atoms with Gasteiger partial charge < -0.3 is 24.3 Å². The molecular weight excluding hydrogens is 562 g/mol. The molecule has 1 spiro atoms. The predicted octanol–water partition coefficient (Wildman–Crippen LogP) is 5.11. The van der Waals surface area contributed by atoms with Crippen LogP contribution in [0.3, 0.4) is 0 Å². The van der Waals surface area contributed by atoms with Gasteiger partial charge in [0.1, 0.15) is 5.75 Å². The Morgan fingerprint density at radius 1 is 0.905 bits per heavy atom. The number of methoxy groups -OCH3 is 1. The van der Waals surface area contributed by atoms with Crippen LogP contribution < -0.4 is 4.74 Å². The molecule has 2 aromatic rings. The maximum absolute atomic E-state index is 13.8. The molecule has 4 fully saturated rings. The van der Waals surface area contributed by atoms with Crippen molar-refractivity contribution >= 4 is 24.3 Å². The van der Waals surface area contributed by atoms with Crippen LogP contribution in [0.2, 0.25) is 0 Å². The van der Waals surface area contributed by atoms with Gasteiger partial charge in [-0.05, 0) is 61.5 Å². The summed E-state index contributed by atoms with van der Waals surface area (Å²) in [7, 11) is 1.65. The maximum Gasteiger partial charge on any atom is 0.320 e. The standard InChI is InChI=1S/C32H40F2N4O3.ClH/c1-41-27-9-7-24(8-10-27)19-36-17-13-31(29(36)39)11-15-35(16-12-31)20-26-21-38(22-28(26)25-5-3-2-4-6-25)30(40)37-18-14-32(33,34)23-37;/h2-10,26,28H,11-23H2,1H3;1H. The Bertz CT molecular complexity index is 1240. The second-order valence-corrected chi connectivity index (χ2v) is 12.4. The highest BCUT2D eigenvalue weighted by Crippen LogP contribution is 2.43. The molecule has 0 bridgehead atoms. The maximum atomic E-state index is 13.8. The number of urea groups is 1. The third-order valence-electron chi connectivity index (χ3n) is 9.82. The quantitative estimate of drug-likeness (QED) is 0.461. The van der Waals surface area contributed by atoms with E-state index in [1.165, 1.54) is 10.5 Å². The Labute approximate surface area is 253 Å². The van der Waals surface area contributed by atoms with Crippen molar-refractivity contribution in [2.75, 3.05) is 59.5 Å². The van der Waals surface area contributed by atoms with Gasteiger partial charge in [0.25, 0.3) is 5.92 Å². The Kier molecular flexibility index (Phi) is 8.99. The summed E-state index contributed by atoms with van der Waals surface area (Å²) in [6.07, 6.45) is 2.33. The normalized spacial score (nSPS) is 25.2. The van der Waals surface area contributed by atoms with Crippen molar-refractivity contribution in [3.8, 4) is 5.75 Å². The van der Waals surface area contributed by atoms with Crippen LogP contribution in [-0.4, -0.2) is 96.9 Å². The first-order chi connectivity index (χ1) is 19.7. The van der Waals surface area contributed by atoms with Crippen molar-refractivity contribution < 1.29 is 23.1 Å². The minimum Gasteiger partial charge on any atom is -0.497 e. The molecule has 2 unspecified atom stereocenters. The van der Waals surface area contributed by atoms with E-state index in [9.17, 15) is 18.4 Å². The topological polar surface area (TPSA) is 56.3 Å². The largest absolute Gasteiger partial charge is 0.497 e. The van der Waals surface area contributed by atoms with Crippen LogP contribution in [0.5, 0.6) is 5.75 Å². The number of halogens is 3. The molecule has 4 saturated heterocycles. The van der Waals surface area contributed by atoms with Gasteiger partial charge in [0.2, 0.25) is 5.91 Å².